The average Bonchev–Trinajstić information content (AvgIpc) is 2.68. The van der Waals surface area contributed by atoms with Gasteiger partial charge in [0, 0.05) is 17.2 Å². The molecule has 3 aromatic rings. The second-order valence-electron chi connectivity index (χ2n) is 5.56. The van der Waals surface area contributed by atoms with Crippen LogP contribution in [-0.2, 0) is 11.1 Å². The van der Waals surface area contributed by atoms with E-state index in [9.17, 15) is 9.36 Å². The highest BCUT2D eigenvalue weighted by Crippen LogP contribution is 2.38. The van der Waals surface area contributed by atoms with Crippen LogP contribution in [0.1, 0.15) is 5.56 Å². The van der Waals surface area contributed by atoms with Crippen molar-refractivity contribution in [3.63, 3.8) is 0 Å². The molecule has 3 aromatic carbocycles. The quantitative estimate of drug-likeness (QED) is 0.693. The van der Waals surface area contributed by atoms with Crippen molar-refractivity contribution in [2.24, 2.45) is 0 Å². The number of hydrogen-bond donors (Lipinski definition) is 2. The molecule has 3 rings (SSSR count). The van der Waals surface area contributed by atoms with Crippen LogP contribution in [-0.4, -0.2) is 6.03 Å². The summed E-state index contributed by atoms with van der Waals surface area (Å²) in [7, 11) is -3.26. The summed E-state index contributed by atoms with van der Waals surface area (Å²) in [4.78, 5) is 12.4. The number of carbonyl (C=O) groups is 1. The molecule has 0 aliphatic carbocycles. The zero-order valence-corrected chi connectivity index (χ0v) is 14.5. The number of urea groups is 1. The highest BCUT2D eigenvalue weighted by atomic mass is 31.2. The van der Waals surface area contributed by atoms with Crippen LogP contribution in [0.4, 0.5) is 4.79 Å². The van der Waals surface area contributed by atoms with Gasteiger partial charge in [-0.1, -0.05) is 66.7 Å². The first kappa shape index (κ1) is 17.0. The van der Waals surface area contributed by atoms with Gasteiger partial charge in [0.2, 0.25) is 7.29 Å². The number of nitrogens with one attached hydrogen (secondary N) is 2. The third-order valence-electron chi connectivity index (χ3n) is 3.79. The molecule has 0 bridgehead atoms. The van der Waals surface area contributed by atoms with E-state index in [2.05, 4.69) is 10.4 Å². The normalized spacial score (nSPS) is 10.9. The maximum atomic E-state index is 13.7. The summed E-state index contributed by atoms with van der Waals surface area (Å²) >= 11 is 0. The van der Waals surface area contributed by atoms with Gasteiger partial charge in [0.15, 0.2) is 0 Å². The zero-order valence-electron chi connectivity index (χ0n) is 13.6. The lowest BCUT2D eigenvalue weighted by molar-refractivity contribution is 0.245. The largest absolute Gasteiger partial charge is 0.334 e. The third-order valence-corrected chi connectivity index (χ3v) is 6.36. The van der Waals surface area contributed by atoms with Crippen LogP contribution in [0.15, 0.2) is 91.0 Å². The summed E-state index contributed by atoms with van der Waals surface area (Å²) < 4.78 is 13.7. The van der Waals surface area contributed by atoms with Gasteiger partial charge in [0.25, 0.3) is 0 Å². The minimum absolute atomic E-state index is 0.371. The number of benzene rings is 3. The van der Waals surface area contributed by atoms with Gasteiger partial charge in [-0.3, -0.25) is 9.65 Å². The van der Waals surface area contributed by atoms with E-state index < -0.39 is 13.3 Å². The van der Waals surface area contributed by atoms with Crippen LogP contribution in [0.2, 0.25) is 0 Å². The summed E-state index contributed by atoms with van der Waals surface area (Å²) in [6, 6.07) is 27.2. The standard InChI is InChI=1S/C20H19N2O2P/c23-20(21-16-17-10-4-1-5-11-17)22-25(24,18-12-6-2-7-13-18)19-14-8-3-9-15-19/h1-15H,16H2,(H2,21,22,23,24). The Bertz CT molecular complexity index is 824. The first-order chi connectivity index (χ1) is 12.2. The van der Waals surface area contributed by atoms with E-state index in [1.165, 1.54) is 0 Å². The van der Waals surface area contributed by atoms with Crippen LogP contribution in [0.5, 0.6) is 0 Å². The first-order valence-electron chi connectivity index (χ1n) is 8.00. The number of hydrogen-bond acceptors (Lipinski definition) is 2. The van der Waals surface area contributed by atoms with E-state index in [1.54, 1.807) is 24.3 Å². The van der Waals surface area contributed by atoms with Gasteiger partial charge in [0.05, 0.1) is 0 Å². The van der Waals surface area contributed by atoms with E-state index in [1.807, 2.05) is 66.7 Å². The van der Waals surface area contributed by atoms with Gasteiger partial charge in [-0.25, -0.2) is 4.79 Å². The lowest BCUT2D eigenvalue weighted by Crippen LogP contribution is -2.38. The monoisotopic (exact) mass is 350 g/mol. The summed E-state index contributed by atoms with van der Waals surface area (Å²) in [5.41, 5.74) is 0.979. The molecule has 2 amide bonds. The van der Waals surface area contributed by atoms with Crippen molar-refractivity contribution in [1.29, 1.82) is 0 Å². The van der Waals surface area contributed by atoms with E-state index in [0.29, 0.717) is 17.2 Å². The second kappa shape index (κ2) is 7.82. The van der Waals surface area contributed by atoms with Crippen molar-refractivity contribution in [1.82, 2.24) is 10.4 Å². The van der Waals surface area contributed by atoms with Gasteiger partial charge in [-0.2, -0.15) is 0 Å². The predicted molar refractivity (Wildman–Crippen MR) is 102 cm³/mol. The van der Waals surface area contributed by atoms with E-state index in [4.69, 9.17) is 0 Å². The molecular formula is C20H19N2O2P. The summed E-state index contributed by atoms with van der Waals surface area (Å²) in [5.74, 6) is 0. The van der Waals surface area contributed by atoms with E-state index >= 15 is 0 Å². The Kier molecular flexibility index (Phi) is 5.32. The van der Waals surface area contributed by atoms with Crippen molar-refractivity contribution in [3.8, 4) is 0 Å². The van der Waals surface area contributed by atoms with Crippen LogP contribution in [0, 0.1) is 0 Å². The molecule has 0 saturated carbocycles. The molecule has 5 heteroatoms. The Labute approximate surface area is 147 Å². The van der Waals surface area contributed by atoms with Crippen molar-refractivity contribution >= 4 is 23.9 Å². The molecule has 0 unspecified atom stereocenters. The van der Waals surface area contributed by atoms with Gasteiger partial charge in [-0.05, 0) is 29.8 Å². The SMILES string of the molecule is O=C(NCc1ccccc1)NP(=O)(c1ccccc1)c1ccccc1. The number of rotatable bonds is 5. The smallest absolute Gasteiger partial charge is 0.320 e. The van der Waals surface area contributed by atoms with Gasteiger partial charge >= 0.3 is 6.03 Å². The fraction of sp³-hybridized carbons (Fsp3) is 0.0500. The minimum Gasteiger partial charge on any atom is -0.334 e. The van der Waals surface area contributed by atoms with Crippen LogP contribution in [0.25, 0.3) is 0 Å². The summed E-state index contributed by atoms with van der Waals surface area (Å²) in [6.07, 6.45) is 0. The highest BCUT2D eigenvalue weighted by molar-refractivity contribution is 7.77. The summed E-state index contributed by atoms with van der Waals surface area (Å²) in [5, 5.41) is 6.66. The molecule has 0 atom stereocenters. The Hall–Kier alpha value is -2.84. The molecule has 0 aromatic heterocycles. The molecule has 0 aliphatic rings. The molecule has 0 radical (unpaired) electrons. The Morgan fingerprint density at radius 1 is 0.720 bits per heavy atom. The number of carbonyl (C=O) groups excluding carboxylic acids is 1. The lowest BCUT2D eigenvalue weighted by atomic mass is 10.2. The maximum absolute atomic E-state index is 13.7. The predicted octanol–water partition coefficient (Wildman–Crippen LogP) is 3.41. The van der Waals surface area contributed by atoms with E-state index in [-0.39, 0.29) is 0 Å². The fourth-order valence-corrected chi connectivity index (χ4v) is 4.62. The Morgan fingerprint density at radius 3 is 1.64 bits per heavy atom. The molecule has 4 nitrogen and oxygen atoms in total. The van der Waals surface area contributed by atoms with Crippen LogP contribution in [0.3, 0.4) is 0 Å². The van der Waals surface area contributed by atoms with Crippen molar-refractivity contribution in [3.05, 3.63) is 96.6 Å². The molecule has 126 valence electrons. The van der Waals surface area contributed by atoms with Crippen molar-refractivity contribution in [2.45, 2.75) is 6.54 Å². The highest BCUT2D eigenvalue weighted by Gasteiger charge is 2.29. The molecule has 0 heterocycles. The summed E-state index contributed by atoms with van der Waals surface area (Å²) in [6.45, 7) is 0.371. The molecule has 2 N–H and O–H groups in total. The number of amides is 2. The topological polar surface area (TPSA) is 58.2 Å². The van der Waals surface area contributed by atoms with Gasteiger partial charge < -0.3 is 5.32 Å². The Morgan fingerprint density at radius 2 is 1.16 bits per heavy atom. The third kappa shape index (κ3) is 4.17. The first-order valence-corrected chi connectivity index (χ1v) is 9.70. The van der Waals surface area contributed by atoms with Crippen molar-refractivity contribution in [2.75, 3.05) is 0 Å². The maximum Gasteiger partial charge on any atom is 0.320 e. The average molecular weight is 350 g/mol. The molecule has 0 fully saturated rings. The molecule has 25 heavy (non-hydrogen) atoms. The van der Waals surface area contributed by atoms with Gasteiger partial charge in [-0.15, -0.1) is 0 Å². The Balaban J connectivity index is 1.81. The second-order valence-corrected chi connectivity index (χ2v) is 8.04. The minimum atomic E-state index is -3.26. The lowest BCUT2D eigenvalue weighted by Gasteiger charge is -2.20. The molecular weight excluding hydrogens is 331 g/mol. The van der Waals surface area contributed by atoms with Crippen LogP contribution < -0.4 is 21.0 Å². The van der Waals surface area contributed by atoms with Gasteiger partial charge in [0.1, 0.15) is 0 Å². The molecule has 0 aliphatic heterocycles. The zero-order chi connectivity index (χ0) is 17.5. The van der Waals surface area contributed by atoms with Crippen LogP contribution >= 0.6 is 7.29 Å². The van der Waals surface area contributed by atoms with E-state index in [0.717, 1.165) is 5.56 Å². The molecule has 0 spiro atoms. The molecule has 0 saturated heterocycles. The van der Waals surface area contributed by atoms with Crippen molar-refractivity contribution < 1.29 is 9.36 Å². The fourth-order valence-electron chi connectivity index (χ4n) is 2.51.